The van der Waals surface area contributed by atoms with E-state index in [2.05, 4.69) is 5.32 Å². The maximum Gasteiger partial charge on any atom is 0.197 e. The molecule has 2 aromatic rings. The maximum atomic E-state index is 11.7. The second kappa shape index (κ2) is 6.02. The first-order valence-corrected chi connectivity index (χ1v) is 6.32. The van der Waals surface area contributed by atoms with Gasteiger partial charge in [0.15, 0.2) is 5.78 Å². The number of anilines is 1. The highest BCUT2D eigenvalue weighted by atomic mass is 32.1. The van der Waals surface area contributed by atoms with E-state index < -0.39 is 0 Å². The van der Waals surface area contributed by atoms with Crippen LogP contribution in [0.5, 0.6) is 5.75 Å². The Labute approximate surface area is 110 Å². The molecule has 1 heterocycles. The first-order chi connectivity index (χ1) is 8.79. The molecular formula is C14H13NO2S. The minimum Gasteiger partial charge on any atom is -0.497 e. The molecule has 2 rings (SSSR count). The van der Waals surface area contributed by atoms with E-state index in [1.165, 1.54) is 17.4 Å². The fourth-order valence-electron chi connectivity index (χ4n) is 1.40. The number of hydrogen-bond donors (Lipinski definition) is 1. The largest absolute Gasteiger partial charge is 0.497 e. The van der Waals surface area contributed by atoms with Crippen LogP contribution in [0, 0.1) is 0 Å². The molecule has 4 heteroatoms. The van der Waals surface area contributed by atoms with Crippen LogP contribution in [0.25, 0.3) is 0 Å². The van der Waals surface area contributed by atoms with Crippen LogP contribution in [0.4, 0.5) is 5.69 Å². The number of carbonyl (C=O) groups is 1. The fourth-order valence-corrected chi connectivity index (χ4v) is 2.05. The van der Waals surface area contributed by atoms with Crippen LogP contribution in [0.2, 0.25) is 0 Å². The number of ether oxygens (including phenoxy) is 1. The van der Waals surface area contributed by atoms with Crippen LogP contribution in [0.15, 0.2) is 54.1 Å². The van der Waals surface area contributed by atoms with E-state index in [0.29, 0.717) is 0 Å². The van der Waals surface area contributed by atoms with Gasteiger partial charge in [0.2, 0.25) is 0 Å². The summed E-state index contributed by atoms with van der Waals surface area (Å²) in [5, 5.41) is 4.92. The van der Waals surface area contributed by atoms with E-state index in [1.54, 1.807) is 13.3 Å². The zero-order valence-electron chi connectivity index (χ0n) is 9.92. The van der Waals surface area contributed by atoms with E-state index in [9.17, 15) is 4.79 Å². The SMILES string of the molecule is COc1ccc(N/C=C/C(=O)c2cccs2)cc1. The highest BCUT2D eigenvalue weighted by Crippen LogP contribution is 2.15. The summed E-state index contributed by atoms with van der Waals surface area (Å²) >= 11 is 1.44. The van der Waals surface area contributed by atoms with Crippen molar-refractivity contribution in [2.24, 2.45) is 0 Å². The van der Waals surface area contributed by atoms with E-state index in [-0.39, 0.29) is 5.78 Å². The minimum atomic E-state index is 0.00557. The van der Waals surface area contributed by atoms with Gasteiger partial charge in [-0.05, 0) is 35.7 Å². The summed E-state index contributed by atoms with van der Waals surface area (Å²) in [5.74, 6) is 0.810. The molecule has 3 nitrogen and oxygen atoms in total. The van der Waals surface area contributed by atoms with Crippen molar-refractivity contribution in [3.8, 4) is 5.75 Å². The van der Waals surface area contributed by atoms with Gasteiger partial charge in [-0.3, -0.25) is 4.79 Å². The average molecular weight is 259 g/mol. The van der Waals surface area contributed by atoms with Crippen molar-refractivity contribution < 1.29 is 9.53 Å². The van der Waals surface area contributed by atoms with Gasteiger partial charge in [0.25, 0.3) is 0 Å². The molecule has 0 aliphatic heterocycles. The van der Waals surface area contributed by atoms with E-state index in [1.807, 2.05) is 41.8 Å². The van der Waals surface area contributed by atoms with Gasteiger partial charge in [-0.2, -0.15) is 0 Å². The van der Waals surface area contributed by atoms with Crippen molar-refractivity contribution >= 4 is 22.8 Å². The van der Waals surface area contributed by atoms with Crippen LogP contribution in [-0.2, 0) is 0 Å². The van der Waals surface area contributed by atoms with Crippen molar-refractivity contribution in [3.63, 3.8) is 0 Å². The van der Waals surface area contributed by atoms with Crippen LogP contribution >= 0.6 is 11.3 Å². The lowest BCUT2D eigenvalue weighted by Crippen LogP contribution is -1.93. The summed E-state index contributed by atoms with van der Waals surface area (Å²) in [6.45, 7) is 0. The fraction of sp³-hybridized carbons (Fsp3) is 0.0714. The molecular weight excluding hydrogens is 246 g/mol. The molecule has 18 heavy (non-hydrogen) atoms. The molecule has 0 saturated heterocycles. The molecule has 92 valence electrons. The Bertz CT molecular complexity index is 529. The molecule has 0 aliphatic rings. The molecule has 0 saturated carbocycles. The van der Waals surface area contributed by atoms with Gasteiger partial charge in [-0.1, -0.05) is 6.07 Å². The summed E-state index contributed by atoms with van der Waals surface area (Å²) in [5.41, 5.74) is 0.908. The zero-order valence-corrected chi connectivity index (χ0v) is 10.7. The van der Waals surface area contributed by atoms with Gasteiger partial charge in [-0.25, -0.2) is 0 Å². The summed E-state index contributed by atoms with van der Waals surface area (Å²) in [7, 11) is 1.63. The minimum absolute atomic E-state index is 0.00557. The van der Waals surface area contributed by atoms with Crippen LogP contribution in [0.1, 0.15) is 9.67 Å². The Morgan fingerprint density at radius 1 is 1.28 bits per heavy atom. The second-order valence-corrected chi connectivity index (χ2v) is 4.50. The Morgan fingerprint density at radius 2 is 2.06 bits per heavy atom. The number of nitrogens with one attached hydrogen (secondary N) is 1. The van der Waals surface area contributed by atoms with Gasteiger partial charge in [-0.15, -0.1) is 11.3 Å². The molecule has 1 N–H and O–H groups in total. The van der Waals surface area contributed by atoms with Gasteiger partial charge >= 0.3 is 0 Å². The zero-order chi connectivity index (χ0) is 12.8. The second-order valence-electron chi connectivity index (χ2n) is 3.55. The Morgan fingerprint density at radius 3 is 2.67 bits per heavy atom. The predicted molar refractivity (Wildman–Crippen MR) is 74.4 cm³/mol. The van der Waals surface area contributed by atoms with Crippen LogP contribution in [0.3, 0.4) is 0 Å². The quantitative estimate of drug-likeness (QED) is 0.659. The maximum absolute atomic E-state index is 11.7. The smallest absolute Gasteiger partial charge is 0.197 e. The van der Waals surface area contributed by atoms with Crippen molar-refractivity contribution in [1.82, 2.24) is 0 Å². The van der Waals surface area contributed by atoms with E-state index >= 15 is 0 Å². The summed E-state index contributed by atoms with van der Waals surface area (Å²) in [6, 6.07) is 11.2. The average Bonchev–Trinajstić information content (AvgIpc) is 2.93. The van der Waals surface area contributed by atoms with Crippen molar-refractivity contribution in [1.29, 1.82) is 0 Å². The summed E-state index contributed by atoms with van der Waals surface area (Å²) < 4.78 is 5.06. The van der Waals surface area contributed by atoms with Crippen molar-refractivity contribution in [2.75, 3.05) is 12.4 Å². The molecule has 0 aliphatic carbocycles. The number of rotatable bonds is 5. The molecule has 0 unspecified atom stereocenters. The third-order valence-electron chi connectivity index (χ3n) is 2.34. The third kappa shape index (κ3) is 3.21. The highest BCUT2D eigenvalue weighted by Gasteiger charge is 2.00. The predicted octanol–water partition coefficient (Wildman–Crippen LogP) is 3.57. The molecule has 0 spiro atoms. The summed E-state index contributed by atoms with van der Waals surface area (Å²) in [4.78, 5) is 12.4. The monoisotopic (exact) mass is 259 g/mol. The number of thiophene rings is 1. The third-order valence-corrected chi connectivity index (χ3v) is 3.22. The number of carbonyl (C=O) groups excluding carboxylic acids is 1. The number of methoxy groups -OCH3 is 1. The van der Waals surface area contributed by atoms with Gasteiger partial charge in [0.05, 0.1) is 12.0 Å². The van der Waals surface area contributed by atoms with Crippen molar-refractivity contribution in [2.45, 2.75) is 0 Å². The Kier molecular flexibility index (Phi) is 4.15. The molecule has 0 atom stereocenters. The lowest BCUT2D eigenvalue weighted by Gasteiger charge is -2.02. The lowest BCUT2D eigenvalue weighted by atomic mass is 10.3. The highest BCUT2D eigenvalue weighted by molar-refractivity contribution is 7.12. The molecule has 1 aromatic heterocycles. The van der Waals surface area contributed by atoms with Gasteiger partial charge < -0.3 is 10.1 Å². The first kappa shape index (κ1) is 12.4. The van der Waals surface area contributed by atoms with E-state index in [4.69, 9.17) is 4.74 Å². The number of ketones is 1. The number of hydrogen-bond acceptors (Lipinski definition) is 4. The first-order valence-electron chi connectivity index (χ1n) is 5.44. The molecule has 0 fully saturated rings. The van der Waals surface area contributed by atoms with Crippen LogP contribution in [-0.4, -0.2) is 12.9 Å². The van der Waals surface area contributed by atoms with Crippen LogP contribution < -0.4 is 10.1 Å². The lowest BCUT2D eigenvalue weighted by molar-refractivity contribution is 0.105. The topological polar surface area (TPSA) is 38.3 Å². The Balaban J connectivity index is 1.92. The number of allylic oxidation sites excluding steroid dienone is 1. The Hall–Kier alpha value is -2.07. The standard InChI is InChI=1S/C14H13NO2S/c1-17-12-6-4-11(5-7-12)15-9-8-13(16)14-3-2-10-18-14/h2-10,15H,1H3/b9-8+. The molecule has 0 radical (unpaired) electrons. The molecule has 1 aromatic carbocycles. The number of benzene rings is 1. The summed E-state index contributed by atoms with van der Waals surface area (Å²) in [6.07, 6.45) is 3.17. The molecule has 0 amide bonds. The van der Waals surface area contributed by atoms with Gasteiger partial charge in [0, 0.05) is 18.0 Å². The molecule has 0 bridgehead atoms. The van der Waals surface area contributed by atoms with Gasteiger partial charge in [0.1, 0.15) is 5.75 Å². The van der Waals surface area contributed by atoms with E-state index in [0.717, 1.165) is 16.3 Å². The normalized spacial score (nSPS) is 10.5. The van der Waals surface area contributed by atoms with Crippen molar-refractivity contribution in [3.05, 3.63) is 58.9 Å².